The molecule has 0 bridgehead atoms. The van der Waals surface area contributed by atoms with Crippen molar-refractivity contribution in [3.05, 3.63) is 48.0 Å². The quantitative estimate of drug-likeness (QED) is 0.648. The smallest absolute Gasteiger partial charge is 0.0444 e. The number of benzene rings is 1. The highest BCUT2D eigenvalue weighted by molar-refractivity contribution is 7.42. The lowest BCUT2D eigenvalue weighted by molar-refractivity contribution is 0.742. The van der Waals surface area contributed by atoms with E-state index < -0.39 is 0 Å². The third kappa shape index (κ3) is 1.99. The second kappa shape index (κ2) is 4.55. The summed E-state index contributed by atoms with van der Waals surface area (Å²) >= 11 is 0. The SMILES string of the molecule is C1=CC(c2ccccc2)P=C1C1CCCC1. The van der Waals surface area contributed by atoms with Crippen molar-refractivity contribution in [1.82, 2.24) is 0 Å². The molecule has 1 heterocycles. The standard InChI is InChI=1S/C15H17P/c1-2-6-12(7-3-1)14-10-11-15(16-14)13-8-4-5-9-13/h1-3,6-7,10-11,13-14H,4-5,8-9H2. The Balaban J connectivity index is 1.79. The minimum absolute atomic E-state index is 0.622. The van der Waals surface area contributed by atoms with Crippen LogP contribution in [0.3, 0.4) is 0 Å². The zero-order chi connectivity index (χ0) is 10.8. The van der Waals surface area contributed by atoms with Gasteiger partial charge in [0.25, 0.3) is 0 Å². The molecule has 0 aromatic heterocycles. The van der Waals surface area contributed by atoms with Gasteiger partial charge in [0, 0.05) is 5.66 Å². The first-order chi connectivity index (χ1) is 7.93. The van der Waals surface area contributed by atoms with Crippen LogP contribution in [-0.2, 0) is 0 Å². The van der Waals surface area contributed by atoms with Crippen molar-refractivity contribution in [2.24, 2.45) is 5.92 Å². The van der Waals surface area contributed by atoms with Crippen molar-refractivity contribution in [3.63, 3.8) is 0 Å². The molecule has 1 aromatic rings. The van der Waals surface area contributed by atoms with Crippen LogP contribution in [-0.4, -0.2) is 5.29 Å². The normalized spacial score (nSPS) is 26.0. The minimum atomic E-state index is 0.622. The summed E-state index contributed by atoms with van der Waals surface area (Å²) in [6, 6.07) is 10.9. The number of allylic oxidation sites excluding steroid dienone is 2. The summed E-state index contributed by atoms with van der Waals surface area (Å²) < 4.78 is 0. The van der Waals surface area contributed by atoms with Crippen molar-refractivity contribution in [2.45, 2.75) is 31.3 Å². The van der Waals surface area contributed by atoms with Crippen LogP contribution in [0.25, 0.3) is 0 Å². The maximum absolute atomic E-state index is 2.40. The van der Waals surface area contributed by atoms with Crippen molar-refractivity contribution in [3.8, 4) is 0 Å². The average Bonchev–Trinajstić information content (AvgIpc) is 3.01. The van der Waals surface area contributed by atoms with Crippen LogP contribution in [0.1, 0.15) is 36.9 Å². The molecule has 0 saturated heterocycles. The van der Waals surface area contributed by atoms with Gasteiger partial charge in [-0.15, -0.1) is 0 Å². The van der Waals surface area contributed by atoms with E-state index in [9.17, 15) is 0 Å². The molecule has 1 saturated carbocycles. The summed E-state index contributed by atoms with van der Waals surface area (Å²) in [5, 5.41) is 1.69. The van der Waals surface area contributed by atoms with E-state index in [0.29, 0.717) is 5.66 Å². The molecule has 1 heteroatoms. The zero-order valence-electron chi connectivity index (χ0n) is 9.47. The van der Waals surface area contributed by atoms with E-state index in [-0.39, 0.29) is 0 Å². The fraction of sp³-hybridized carbons (Fsp3) is 0.400. The van der Waals surface area contributed by atoms with Crippen LogP contribution in [0, 0.1) is 5.92 Å². The first kappa shape index (κ1) is 10.3. The first-order valence-corrected chi connectivity index (χ1v) is 7.21. The molecule has 16 heavy (non-hydrogen) atoms. The van der Waals surface area contributed by atoms with Crippen LogP contribution in [0.5, 0.6) is 0 Å². The molecule has 1 fully saturated rings. The van der Waals surface area contributed by atoms with Gasteiger partial charge in [0.05, 0.1) is 0 Å². The van der Waals surface area contributed by atoms with E-state index >= 15 is 0 Å². The van der Waals surface area contributed by atoms with Gasteiger partial charge in [0.15, 0.2) is 0 Å². The third-order valence-electron chi connectivity index (χ3n) is 3.65. The van der Waals surface area contributed by atoms with E-state index in [0.717, 1.165) is 5.92 Å². The van der Waals surface area contributed by atoms with Crippen LogP contribution < -0.4 is 0 Å². The Morgan fingerprint density at radius 1 is 1.00 bits per heavy atom. The molecular weight excluding hydrogens is 211 g/mol. The summed E-state index contributed by atoms with van der Waals surface area (Å²) in [7, 11) is 1.54. The lowest BCUT2D eigenvalue weighted by Gasteiger charge is -2.08. The van der Waals surface area contributed by atoms with Crippen molar-refractivity contribution in [1.29, 1.82) is 0 Å². The van der Waals surface area contributed by atoms with Gasteiger partial charge in [0.2, 0.25) is 0 Å². The van der Waals surface area contributed by atoms with E-state index in [4.69, 9.17) is 0 Å². The van der Waals surface area contributed by atoms with Crippen LogP contribution in [0.4, 0.5) is 0 Å². The lowest BCUT2D eigenvalue weighted by atomic mass is 10.0. The Kier molecular flexibility index (Phi) is 2.93. The number of hydrogen-bond donors (Lipinski definition) is 0. The third-order valence-corrected chi connectivity index (χ3v) is 5.21. The number of rotatable bonds is 2. The largest absolute Gasteiger partial charge is 0.0882 e. The molecule has 1 aliphatic carbocycles. The lowest BCUT2D eigenvalue weighted by Crippen LogP contribution is -2.03. The van der Waals surface area contributed by atoms with Gasteiger partial charge in [-0.3, -0.25) is 0 Å². The highest BCUT2D eigenvalue weighted by Crippen LogP contribution is 2.40. The van der Waals surface area contributed by atoms with Gasteiger partial charge in [-0.25, -0.2) is 0 Å². The number of hydrogen-bond acceptors (Lipinski definition) is 0. The van der Waals surface area contributed by atoms with Gasteiger partial charge in [0.1, 0.15) is 0 Å². The van der Waals surface area contributed by atoms with Gasteiger partial charge in [-0.05, 0) is 29.6 Å². The molecule has 1 aliphatic heterocycles. The van der Waals surface area contributed by atoms with Gasteiger partial charge >= 0.3 is 0 Å². The fourth-order valence-corrected chi connectivity index (χ4v) is 4.19. The van der Waals surface area contributed by atoms with Gasteiger partial charge in [-0.1, -0.05) is 63.5 Å². The Morgan fingerprint density at radius 2 is 1.75 bits per heavy atom. The highest BCUT2D eigenvalue weighted by atomic mass is 31.1. The van der Waals surface area contributed by atoms with Gasteiger partial charge < -0.3 is 0 Å². The van der Waals surface area contributed by atoms with E-state index in [2.05, 4.69) is 42.5 Å². The molecule has 0 N–H and O–H groups in total. The van der Waals surface area contributed by atoms with Crippen LogP contribution >= 0.6 is 8.20 Å². The van der Waals surface area contributed by atoms with Crippen molar-refractivity contribution >= 4 is 13.5 Å². The van der Waals surface area contributed by atoms with Gasteiger partial charge in [-0.2, -0.15) is 0 Å². The first-order valence-electron chi connectivity index (χ1n) is 6.24. The van der Waals surface area contributed by atoms with Crippen molar-refractivity contribution in [2.75, 3.05) is 0 Å². The molecule has 1 unspecified atom stereocenters. The monoisotopic (exact) mass is 228 g/mol. The molecule has 0 spiro atoms. The van der Waals surface area contributed by atoms with E-state index in [1.54, 1.807) is 5.29 Å². The second-order valence-corrected chi connectivity index (χ2v) is 6.08. The summed E-state index contributed by atoms with van der Waals surface area (Å²) in [5.74, 6) is 0.895. The summed E-state index contributed by atoms with van der Waals surface area (Å²) in [5.41, 5.74) is 2.09. The summed E-state index contributed by atoms with van der Waals surface area (Å²) in [6.07, 6.45) is 10.5. The fourth-order valence-electron chi connectivity index (χ4n) is 2.74. The molecule has 0 radical (unpaired) electrons. The molecule has 3 rings (SSSR count). The molecular formula is C15H17P. The van der Waals surface area contributed by atoms with Crippen LogP contribution in [0.2, 0.25) is 0 Å². The summed E-state index contributed by atoms with van der Waals surface area (Å²) in [6.45, 7) is 0. The van der Waals surface area contributed by atoms with E-state index in [1.165, 1.54) is 39.5 Å². The van der Waals surface area contributed by atoms with Crippen molar-refractivity contribution < 1.29 is 0 Å². The summed E-state index contributed by atoms with van der Waals surface area (Å²) in [4.78, 5) is 0. The highest BCUT2D eigenvalue weighted by Gasteiger charge is 2.22. The predicted octanol–water partition coefficient (Wildman–Crippen LogP) is 4.61. The maximum Gasteiger partial charge on any atom is 0.0444 e. The molecule has 0 amide bonds. The zero-order valence-corrected chi connectivity index (χ0v) is 10.4. The second-order valence-electron chi connectivity index (χ2n) is 4.75. The molecule has 1 atom stereocenters. The molecule has 1 aromatic carbocycles. The Morgan fingerprint density at radius 3 is 2.50 bits per heavy atom. The molecule has 0 nitrogen and oxygen atoms in total. The molecule has 82 valence electrons. The predicted molar refractivity (Wildman–Crippen MR) is 72.2 cm³/mol. The minimum Gasteiger partial charge on any atom is -0.0882 e. The van der Waals surface area contributed by atoms with Crippen LogP contribution in [0.15, 0.2) is 42.5 Å². The van der Waals surface area contributed by atoms with E-state index in [1.807, 2.05) is 0 Å². The average molecular weight is 228 g/mol. The molecule has 2 aliphatic rings. The Labute approximate surface area is 99.2 Å². The Hall–Kier alpha value is -0.870. The topological polar surface area (TPSA) is 0 Å². The maximum atomic E-state index is 2.40. The Bertz CT molecular complexity index is 410.